The lowest BCUT2D eigenvalue weighted by molar-refractivity contribution is -0.384. The molecule has 0 unspecified atom stereocenters. The smallest absolute Gasteiger partial charge is 0.270 e. The molecule has 0 spiro atoms. The third-order valence-electron chi connectivity index (χ3n) is 3.52. The van der Waals surface area contributed by atoms with Gasteiger partial charge in [-0.05, 0) is 45.9 Å². The lowest BCUT2D eigenvalue weighted by atomic mass is 10.1. The van der Waals surface area contributed by atoms with Gasteiger partial charge in [0.25, 0.3) is 11.6 Å². The molecule has 1 aliphatic heterocycles. The third-order valence-corrected chi connectivity index (χ3v) is 5.33. The average molecular weight is 422 g/mol. The summed E-state index contributed by atoms with van der Waals surface area (Å²) in [6.07, 6.45) is 1.66. The number of aliphatic imine (C=N–C) groups is 1. The van der Waals surface area contributed by atoms with E-state index < -0.39 is 4.92 Å². The maximum atomic E-state index is 12.2. The maximum absolute atomic E-state index is 12.2. The zero-order chi connectivity index (χ0) is 18.1. The van der Waals surface area contributed by atoms with Crippen molar-refractivity contribution in [2.75, 3.05) is 14.1 Å². The first-order chi connectivity index (χ1) is 11.9. The van der Waals surface area contributed by atoms with Crippen molar-refractivity contribution in [2.45, 2.75) is 0 Å². The fourth-order valence-electron chi connectivity index (χ4n) is 2.27. The summed E-state index contributed by atoms with van der Waals surface area (Å²) in [4.78, 5) is 28.6. The van der Waals surface area contributed by atoms with Crippen molar-refractivity contribution in [1.82, 2.24) is 4.90 Å². The first-order valence-electron chi connectivity index (χ1n) is 7.09. The summed E-state index contributed by atoms with van der Waals surface area (Å²) < 4.78 is 6.32. The normalized spacial score (nSPS) is 17.7. The number of nitro benzene ring substituents is 1. The van der Waals surface area contributed by atoms with Gasteiger partial charge in [0.1, 0.15) is 11.5 Å². The quantitative estimate of drug-likeness (QED) is 0.421. The molecule has 2 heterocycles. The van der Waals surface area contributed by atoms with Crippen LogP contribution in [0.25, 0.3) is 17.4 Å². The number of nitro groups is 1. The number of carbonyl (C=O) groups is 1. The summed E-state index contributed by atoms with van der Waals surface area (Å²) in [7, 11) is 3.30. The summed E-state index contributed by atoms with van der Waals surface area (Å²) in [6.45, 7) is 0. The van der Waals surface area contributed by atoms with E-state index in [4.69, 9.17) is 4.42 Å². The van der Waals surface area contributed by atoms with Crippen LogP contribution < -0.4 is 0 Å². The molecule has 2 aromatic rings. The number of rotatable bonds is 3. The number of halogens is 1. The van der Waals surface area contributed by atoms with Crippen LogP contribution in [-0.2, 0) is 4.79 Å². The summed E-state index contributed by atoms with van der Waals surface area (Å²) in [5.74, 6) is 0.920. The summed E-state index contributed by atoms with van der Waals surface area (Å²) in [5, 5.41) is 11.4. The third kappa shape index (κ3) is 3.38. The van der Waals surface area contributed by atoms with Crippen molar-refractivity contribution >= 4 is 50.5 Å². The molecule has 1 amide bonds. The Labute approximate surface area is 155 Å². The number of hydrogen-bond acceptors (Lipinski definition) is 6. The number of thioether (sulfide) groups is 1. The van der Waals surface area contributed by atoms with Crippen molar-refractivity contribution in [1.29, 1.82) is 0 Å². The van der Waals surface area contributed by atoms with Crippen LogP contribution in [-0.4, -0.2) is 35.0 Å². The van der Waals surface area contributed by atoms with Crippen LogP contribution in [0.5, 0.6) is 0 Å². The van der Waals surface area contributed by atoms with Crippen LogP contribution >= 0.6 is 27.7 Å². The Hall–Kier alpha value is -2.39. The highest BCUT2D eigenvalue weighted by molar-refractivity contribution is 9.10. The van der Waals surface area contributed by atoms with Gasteiger partial charge in [0.2, 0.25) is 0 Å². The maximum Gasteiger partial charge on any atom is 0.270 e. The number of amidine groups is 1. The topological polar surface area (TPSA) is 89.0 Å². The van der Waals surface area contributed by atoms with Crippen LogP contribution in [0.2, 0.25) is 0 Å². The largest absolute Gasteiger partial charge is 0.457 e. The second-order valence-electron chi connectivity index (χ2n) is 5.10. The zero-order valence-electron chi connectivity index (χ0n) is 13.2. The van der Waals surface area contributed by atoms with Gasteiger partial charge in [-0.3, -0.25) is 24.8 Å². The van der Waals surface area contributed by atoms with E-state index in [0.717, 1.165) is 0 Å². The van der Waals surface area contributed by atoms with E-state index >= 15 is 0 Å². The van der Waals surface area contributed by atoms with Gasteiger partial charge >= 0.3 is 0 Å². The van der Waals surface area contributed by atoms with Crippen molar-refractivity contribution in [2.24, 2.45) is 4.99 Å². The van der Waals surface area contributed by atoms with Gasteiger partial charge in [0.05, 0.1) is 9.83 Å². The number of likely N-dealkylation sites (N-methyl/N-ethyl adjacent to an activating group) is 1. The minimum atomic E-state index is -0.460. The number of amides is 1. The average Bonchev–Trinajstić information content (AvgIpc) is 3.15. The van der Waals surface area contributed by atoms with Gasteiger partial charge in [-0.1, -0.05) is 0 Å². The van der Waals surface area contributed by atoms with E-state index in [1.807, 2.05) is 0 Å². The predicted octanol–water partition coefficient (Wildman–Crippen LogP) is 4.15. The van der Waals surface area contributed by atoms with Crippen molar-refractivity contribution in [3.05, 3.63) is 55.6 Å². The highest BCUT2D eigenvalue weighted by atomic mass is 79.9. The first kappa shape index (κ1) is 17.4. The molecule has 9 heteroatoms. The fourth-order valence-corrected chi connectivity index (χ4v) is 3.74. The summed E-state index contributed by atoms with van der Waals surface area (Å²) in [5.41, 5.74) is 0.681. The Kier molecular flexibility index (Phi) is 4.78. The minimum absolute atomic E-state index is 0.00751. The van der Waals surface area contributed by atoms with Gasteiger partial charge in [-0.2, -0.15) is 0 Å². The van der Waals surface area contributed by atoms with E-state index in [9.17, 15) is 14.9 Å². The first-order valence-corrected chi connectivity index (χ1v) is 8.70. The summed E-state index contributed by atoms with van der Waals surface area (Å²) in [6, 6.07) is 7.94. The number of benzene rings is 1. The summed E-state index contributed by atoms with van der Waals surface area (Å²) >= 11 is 4.60. The van der Waals surface area contributed by atoms with Crippen LogP contribution in [0.1, 0.15) is 5.76 Å². The molecule has 1 fully saturated rings. The monoisotopic (exact) mass is 421 g/mol. The molecule has 7 nitrogen and oxygen atoms in total. The van der Waals surface area contributed by atoms with E-state index in [-0.39, 0.29) is 11.6 Å². The van der Waals surface area contributed by atoms with E-state index in [0.29, 0.717) is 31.6 Å². The van der Waals surface area contributed by atoms with Crippen LogP contribution in [0.15, 0.2) is 49.1 Å². The number of nitrogens with zero attached hydrogens (tertiary/aromatic N) is 3. The molecule has 0 radical (unpaired) electrons. The van der Waals surface area contributed by atoms with Crippen LogP contribution in [0.3, 0.4) is 0 Å². The van der Waals surface area contributed by atoms with Crippen LogP contribution in [0, 0.1) is 10.1 Å². The standard InChI is InChI=1S/C16H12BrN3O4S/c1-18-16-19(2)15(21)14(25-16)8-10-4-6-13(24-10)11-5-3-9(20(22)23)7-12(11)17/h3-8H,1-2H3/b14-8-,18-16?. The molecule has 0 bridgehead atoms. The lowest BCUT2D eigenvalue weighted by Crippen LogP contribution is -2.23. The van der Waals surface area contributed by atoms with Crippen LogP contribution in [0.4, 0.5) is 5.69 Å². The predicted molar refractivity (Wildman–Crippen MR) is 100 cm³/mol. The Morgan fingerprint density at radius 1 is 1.36 bits per heavy atom. The molecule has 25 heavy (non-hydrogen) atoms. The zero-order valence-corrected chi connectivity index (χ0v) is 15.6. The van der Waals surface area contributed by atoms with Gasteiger partial charge < -0.3 is 4.42 Å². The molecular formula is C16H12BrN3O4S. The molecule has 0 atom stereocenters. The lowest BCUT2D eigenvalue weighted by Gasteiger charge is -2.04. The Balaban J connectivity index is 1.90. The minimum Gasteiger partial charge on any atom is -0.457 e. The Morgan fingerprint density at radius 2 is 2.12 bits per heavy atom. The molecular weight excluding hydrogens is 410 g/mol. The second-order valence-corrected chi connectivity index (χ2v) is 6.97. The van der Waals surface area contributed by atoms with E-state index in [1.165, 1.54) is 28.8 Å². The van der Waals surface area contributed by atoms with Crippen molar-refractivity contribution in [3.8, 4) is 11.3 Å². The molecule has 128 valence electrons. The fraction of sp³-hybridized carbons (Fsp3) is 0.125. The van der Waals surface area contributed by atoms with Crippen molar-refractivity contribution < 1.29 is 14.1 Å². The molecule has 1 aromatic carbocycles. The van der Waals surface area contributed by atoms with Gasteiger partial charge in [0, 0.05) is 42.3 Å². The highest BCUT2D eigenvalue weighted by Gasteiger charge is 2.30. The molecule has 0 aliphatic carbocycles. The van der Waals surface area contributed by atoms with Gasteiger partial charge in [0.15, 0.2) is 5.17 Å². The van der Waals surface area contributed by atoms with Gasteiger partial charge in [-0.25, -0.2) is 0 Å². The molecule has 3 rings (SSSR count). The number of non-ortho nitro benzene ring substituents is 1. The number of carbonyl (C=O) groups excluding carboxylic acids is 1. The Morgan fingerprint density at radius 3 is 2.72 bits per heavy atom. The highest BCUT2D eigenvalue weighted by Crippen LogP contribution is 2.35. The van der Waals surface area contributed by atoms with E-state index in [2.05, 4.69) is 20.9 Å². The molecule has 0 N–H and O–H groups in total. The van der Waals surface area contributed by atoms with Gasteiger partial charge in [-0.15, -0.1) is 0 Å². The Bertz CT molecular complexity index is 935. The van der Waals surface area contributed by atoms with E-state index in [1.54, 1.807) is 38.4 Å². The van der Waals surface area contributed by atoms with Crippen molar-refractivity contribution in [3.63, 3.8) is 0 Å². The molecule has 1 aliphatic rings. The number of furan rings is 1. The molecule has 0 saturated carbocycles. The SMILES string of the molecule is CN=C1S/C(=C\c2ccc(-c3ccc([N+](=O)[O-])cc3Br)o2)C(=O)N1C. The molecule has 1 saturated heterocycles. The molecule has 1 aromatic heterocycles. The second kappa shape index (κ2) is 6.85. The number of hydrogen-bond donors (Lipinski definition) is 0.